The van der Waals surface area contributed by atoms with E-state index in [1.165, 1.54) is 6.42 Å². The van der Waals surface area contributed by atoms with Crippen molar-refractivity contribution in [3.8, 4) is 5.75 Å². The molecule has 5 rings (SSSR count). The van der Waals surface area contributed by atoms with Crippen molar-refractivity contribution in [3.05, 3.63) is 103 Å². The van der Waals surface area contributed by atoms with E-state index >= 15 is 0 Å². The molecule has 0 unspecified atom stereocenters. The molecule has 0 aromatic heterocycles. The molecule has 0 radical (unpaired) electrons. The van der Waals surface area contributed by atoms with Crippen molar-refractivity contribution in [1.29, 1.82) is 0 Å². The Hall–Kier alpha value is -4.58. The number of aromatic hydroxyl groups is 1. The number of hydrogen-bond donors (Lipinski definition) is 2. The molecule has 0 saturated heterocycles. The monoisotopic (exact) mass is 609 g/mol. The average Bonchev–Trinajstić information content (AvgIpc) is 3.10. The SMILES string of the molecule is CC.CC.CC.CCC.CCNc1cccc2cc(C)c(N=Nc3ccc(N=NC)c4ccccc34)c(O)c12.c1ccccc1. The normalized spacial score (nSPS) is 9.76. The van der Waals surface area contributed by atoms with Gasteiger partial charge in [0.2, 0.25) is 0 Å². The molecule has 0 bridgehead atoms. The molecule has 0 spiro atoms. The van der Waals surface area contributed by atoms with Crippen LogP contribution in [0, 0.1) is 6.92 Å². The topological polar surface area (TPSA) is 81.7 Å². The summed E-state index contributed by atoms with van der Waals surface area (Å²) in [5.41, 5.74) is 3.70. The molecular formula is C39H55N5O. The molecular weight excluding hydrogens is 554 g/mol. The summed E-state index contributed by atoms with van der Waals surface area (Å²) in [6.45, 7) is 21.0. The fourth-order valence-corrected chi connectivity index (χ4v) is 4.06. The fraction of sp³-hybridized carbons (Fsp3) is 0.333. The number of rotatable bonds is 5. The molecule has 0 aliphatic heterocycles. The molecule has 6 nitrogen and oxygen atoms in total. The first-order valence-corrected chi connectivity index (χ1v) is 16.3. The Kier molecular flexibility index (Phi) is 22.3. The summed E-state index contributed by atoms with van der Waals surface area (Å²) in [6, 6.07) is 31.6. The fourth-order valence-electron chi connectivity index (χ4n) is 4.06. The number of hydrogen-bond acceptors (Lipinski definition) is 6. The highest BCUT2D eigenvalue weighted by molar-refractivity contribution is 6.03. The van der Waals surface area contributed by atoms with E-state index in [1.807, 2.05) is 152 Å². The van der Waals surface area contributed by atoms with Crippen LogP contribution in [0.25, 0.3) is 21.5 Å². The quantitative estimate of drug-likeness (QED) is 0.194. The Bertz CT molecular complexity index is 1520. The summed E-state index contributed by atoms with van der Waals surface area (Å²) in [6.07, 6.45) is 1.25. The minimum atomic E-state index is 0.131. The van der Waals surface area contributed by atoms with E-state index < -0.39 is 0 Å². The molecule has 0 fully saturated rings. The van der Waals surface area contributed by atoms with Gasteiger partial charge in [-0.2, -0.15) is 10.2 Å². The van der Waals surface area contributed by atoms with Gasteiger partial charge in [0.25, 0.3) is 0 Å². The zero-order valence-corrected chi connectivity index (χ0v) is 29.4. The number of aryl methyl sites for hydroxylation is 1. The van der Waals surface area contributed by atoms with Gasteiger partial charge in [-0.25, -0.2) is 0 Å². The summed E-state index contributed by atoms with van der Waals surface area (Å²) in [7, 11) is 1.65. The van der Waals surface area contributed by atoms with Crippen LogP contribution in [-0.4, -0.2) is 18.7 Å². The van der Waals surface area contributed by atoms with Crippen LogP contribution in [0.2, 0.25) is 0 Å². The van der Waals surface area contributed by atoms with Gasteiger partial charge >= 0.3 is 0 Å². The summed E-state index contributed by atoms with van der Waals surface area (Å²) in [5, 5.41) is 34.9. The standard InChI is InChI=1S/C24H23N5O.C6H6.C3H8.3C2H6/c1-4-26-21-11-7-8-16-14-15(2)23(24(30)22(16)21)29-28-20-13-12-19(27-25-3)17-9-5-6-10-18(17)20;1-2-4-6-5-3-1;1-3-2;3*1-2/h5-14,26,30H,4H2,1-3H3;1-6H;3H2,1-2H3;3*1-2H3. The third kappa shape index (κ3) is 12.5. The van der Waals surface area contributed by atoms with Crippen LogP contribution in [0.4, 0.5) is 22.7 Å². The first kappa shape index (κ1) is 40.4. The zero-order chi connectivity index (χ0) is 34.0. The minimum absolute atomic E-state index is 0.131. The van der Waals surface area contributed by atoms with Gasteiger partial charge in [-0.05, 0) is 49.1 Å². The summed E-state index contributed by atoms with van der Waals surface area (Å²) >= 11 is 0. The molecule has 0 saturated carbocycles. The van der Waals surface area contributed by atoms with E-state index in [1.54, 1.807) is 7.05 Å². The molecule has 0 amide bonds. The summed E-state index contributed by atoms with van der Waals surface area (Å²) in [4.78, 5) is 0. The first-order chi connectivity index (χ1) is 22.0. The van der Waals surface area contributed by atoms with Crippen molar-refractivity contribution in [2.45, 2.75) is 75.7 Å². The largest absolute Gasteiger partial charge is 0.505 e. The van der Waals surface area contributed by atoms with Gasteiger partial charge in [-0.15, -0.1) is 10.2 Å². The molecule has 242 valence electrons. The lowest BCUT2D eigenvalue weighted by atomic mass is 10.0. The van der Waals surface area contributed by atoms with Crippen molar-refractivity contribution in [1.82, 2.24) is 0 Å². The Balaban J connectivity index is 0.00000109. The summed E-state index contributed by atoms with van der Waals surface area (Å²) in [5.74, 6) is 0.131. The zero-order valence-electron chi connectivity index (χ0n) is 29.4. The lowest BCUT2D eigenvalue weighted by Gasteiger charge is -2.12. The molecule has 0 aliphatic carbocycles. The van der Waals surface area contributed by atoms with Crippen LogP contribution >= 0.6 is 0 Å². The molecule has 0 heterocycles. The first-order valence-electron chi connectivity index (χ1n) is 16.3. The number of benzene rings is 5. The Morgan fingerprint density at radius 3 is 1.58 bits per heavy atom. The van der Waals surface area contributed by atoms with Gasteiger partial charge < -0.3 is 10.4 Å². The summed E-state index contributed by atoms with van der Waals surface area (Å²) < 4.78 is 0. The van der Waals surface area contributed by atoms with Crippen LogP contribution in [0.1, 0.15) is 74.3 Å². The van der Waals surface area contributed by atoms with E-state index in [-0.39, 0.29) is 5.75 Å². The lowest BCUT2D eigenvalue weighted by Crippen LogP contribution is -1.97. The van der Waals surface area contributed by atoms with E-state index in [0.717, 1.165) is 45.0 Å². The number of nitrogens with zero attached hydrogens (tertiary/aromatic N) is 4. The van der Waals surface area contributed by atoms with Gasteiger partial charge in [0, 0.05) is 35.4 Å². The van der Waals surface area contributed by atoms with Crippen molar-refractivity contribution in [2.75, 3.05) is 18.9 Å². The second-order valence-corrected chi connectivity index (χ2v) is 8.84. The number of nitrogens with one attached hydrogen (secondary N) is 1. The van der Waals surface area contributed by atoms with Gasteiger partial charge in [-0.3, -0.25) is 0 Å². The number of anilines is 1. The van der Waals surface area contributed by atoms with Gasteiger partial charge in [0.05, 0.1) is 11.4 Å². The number of phenolic OH excluding ortho intramolecular Hbond substituents is 1. The molecule has 6 heteroatoms. The Morgan fingerprint density at radius 1 is 0.622 bits per heavy atom. The van der Waals surface area contributed by atoms with Crippen LogP contribution in [0.15, 0.2) is 118 Å². The molecule has 5 aromatic rings. The van der Waals surface area contributed by atoms with Crippen LogP contribution < -0.4 is 5.32 Å². The predicted octanol–water partition coefficient (Wildman–Crippen LogP) is 13.7. The van der Waals surface area contributed by atoms with Gasteiger partial charge in [0.1, 0.15) is 5.69 Å². The third-order valence-corrected chi connectivity index (χ3v) is 5.68. The van der Waals surface area contributed by atoms with Gasteiger partial charge in [-0.1, -0.05) is 135 Å². The van der Waals surface area contributed by atoms with Crippen LogP contribution in [0.5, 0.6) is 5.75 Å². The maximum absolute atomic E-state index is 11.0. The molecule has 45 heavy (non-hydrogen) atoms. The predicted molar refractivity (Wildman–Crippen MR) is 200 cm³/mol. The Morgan fingerprint density at radius 2 is 1.11 bits per heavy atom. The highest BCUT2D eigenvalue weighted by atomic mass is 16.3. The third-order valence-electron chi connectivity index (χ3n) is 5.68. The highest BCUT2D eigenvalue weighted by Crippen LogP contribution is 2.43. The number of phenols is 1. The second kappa shape index (κ2) is 24.8. The average molecular weight is 610 g/mol. The van der Waals surface area contributed by atoms with E-state index in [9.17, 15) is 5.11 Å². The maximum Gasteiger partial charge on any atom is 0.153 e. The van der Waals surface area contributed by atoms with Gasteiger partial charge in [0.15, 0.2) is 5.75 Å². The van der Waals surface area contributed by atoms with Crippen LogP contribution in [0.3, 0.4) is 0 Å². The smallest absolute Gasteiger partial charge is 0.153 e. The maximum atomic E-state index is 11.0. The van der Waals surface area contributed by atoms with E-state index in [4.69, 9.17) is 0 Å². The highest BCUT2D eigenvalue weighted by Gasteiger charge is 2.14. The molecule has 0 aliphatic rings. The molecule has 0 atom stereocenters. The van der Waals surface area contributed by atoms with E-state index in [0.29, 0.717) is 11.4 Å². The van der Waals surface area contributed by atoms with Crippen molar-refractivity contribution in [2.24, 2.45) is 20.5 Å². The second-order valence-electron chi connectivity index (χ2n) is 8.84. The van der Waals surface area contributed by atoms with Crippen molar-refractivity contribution >= 4 is 44.3 Å². The molecule has 5 aromatic carbocycles. The minimum Gasteiger partial charge on any atom is -0.505 e. The number of azo groups is 2. The van der Waals surface area contributed by atoms with E-state index in [2.05, 4.69) is 39.6 Å². The van der Waals surface area contributed by atoms with Crippen LogP contribution in [-0.2, 0) is 0 Å². The Labute approximate surface area is 272 Å². The lowest BCUT2D eigenvalue weighted by molar-refractivity contribution is 0.482. The van der Waals surface area contributed by atoms with Crippen molar-refractivity contribution in [3.63, 3.8) is 0 Å². The number of fused-ring (bicyclic) bond motifs is 2. The van der Waals surface area contributed by atoms with Crippen molar-refractivity contribution < 1.29 is 5.11 Å². The molecule has 2 N–H and O–H groups in total.